The van der Waals surface area contributed by atoms with Crippen LogP contribution in [0.5, 0.6) is 0 Å². The van der Waals surface area contributed by atoms with Gasteiger partial charge < -0.3 is 52.1 Å². The van der Waals surface area contributed by atoms with Crippen LogP contribution in [0, 0.1) is 5.92 Å². The van der Waals surface area contributed by atoms with Gasteiger partial charge in [-0.25, -0.2) is 14.6 Å². The highest BCUT2D eigenvalue weighted by Gasteiger charge is 2.23. The van der Waals surface area contributed by atoms with Crippen LogP contribution >= 0.6 is 0 Å². The molecule has 0 spiro atoms. The number of aromatic amines is 1. The first-order chi connectivity index (χ1) is 30.4. The molecule has 3 amide bonds. The Bertz CT molecular complexity index is 2150. The number of nitrogens with zero attached hydrogens (tertiary/aromatic N) is 6. The number of nitrogen functional groups attached to an aromatic ring is 1. The van der Waals surface area contributed by atoms with Crippen LogP contribution in [-0.4, -0.2) is 135 Å². The number of primary amides is 1. The lowest BCUT2D eigenvalue weighted by molar-refractivity contribution is -0.142. The van der Waals surface area contributed by atoms with Gasteiger partial charge in [0.05, 0.1) is 82.3 Å². The number of Topliss-reactive ketones (excluding diaryl/α,β-unsaturated/α-hetero) is 1. The number of fused-ring (bicyclic) bond motifs is 1. The third kappa shape index (κ3) is 18.2. The number of amides is 3. The number of hydrogen-bond acceptors (Lipinski definition) is 17. The second-order valence-corrected chi connectivity index (χ2v) is 14.4. The van der Waals surface area contributed by atoms with E-state index in [2.05, 4.69) is 51.5 Å². The average Bonchev–Trinajstić information content (AvgIpc) is 3.71. The Balaban J connectivity index is 0.992. The van der Waals surface area contributed by atoms with Crippen LogP contribution in [0.15, 0.2) is 41.5 Å². The normalized spacial score (nSPS) is 12.1. The van der Waals surface area contributed by atoms with Gasteiger partial charge in [-0.3, -0.25) is 33.8 Å². The first kappa shape index (κ1) is 49.2. The second kappa shape index (κ2) is 26.8. The van der Waals surface area contributed by atoms with Gasteiger partial charge in [-0.15, -0.1) is 5.10 Å². The third-order valence-corrected chi connectivity index (χ3v) is 9.51. The van der Waals surface area contributed by atoms with Crippen molar-refractivity contribution < 1.29 is 43.3 Å². The van der Waals surface area contributed by atoms with E-state index in [-0.39, 0.29) is 79.6 Å². The smallest absolute Gasteiger partial charge is 0.306 e. The third-order valence-electron chi connectivity index (χ3n) is 9.51. The van der Waals surface area contributed by atoms with Crippen molar-refractivity contribution in [3.63, 3.8) is 0 Å². The minimum atomic E-state index is -1.16. The summed E-state index contributed by atoms with van der Waals surface area (Å²) < 4.78 is 18.3. The Morgan fingerprint density at radius 3 is 2.33 bits per heavy atom. The van der Waals surface area contributed by atoms with Crippen molar-refractivity contribution in [1.82, 2.24) is 50.9 Å². The van der Waals surface area contributed by atoms with Gasteiger partial charge in [0.25, 0.3) is 5.56 Å². The Morgan fingerprint density at radius 2 is 1.62 bits per heavy atom. The maximum absolute atomic E-state index is 12.9. The van der Waals surface area contributed by atoms with E-state index in [0.717, 1.165) is 12.8 Å². The SMILES string of the molecule is CN[C@@H](Cc1cn(CCOCCOCCOCCNC(=O)CC[C@H](CC(=O)c2ccc(NCc3cnc4nc(N)[nH]c(=O)c4n3)cc2)C(=O)O)nn1)C(=O)NCCCCCC(N)=O. The Hall–Kier alpha value is -6.43. The van der Waals surface area contributed by atoms with E-state index in [4.69, 9.17) is 25.7 Å². The van der Waals surface area contributed by atoms with Crippen molar-refractivity contribution in [3.8, 4) is 0 Å². The quantitative estimate of drug-likeness (QED) is 0.0231. The summed E-state index contributed by atoms with van der Waals surface area (Å²) >= 11 is 0. The number of carbonyl (C=O) groups excluding carboxylic acids is 4. The summed E-state index contributed by atoms with van der Waals surface area (Å²) in [6.07, 6.45) is 5.88. The first-order valence-electron chi connectivity index (χ1n) is 20.6. The van der Waals surface area contributed by atoms with Crippen LogP contribution in [0.3, 0.4) is 0 Å². The number of ketones is 1. The highest BCUT2D eigenvalue weighted by atomic mass is 16.5. The Labute approximate surface area is 362 Å². The summed E-state index contributed by atoms with van der Waals surface area (Å²) in [4.78, 5) is 87.3. The molecule has 342 valence electrons. The van der Waals surface area contributed by atoms with Crippen LogP contribution in [-0.2, 0) is 52.9 Å². The fourth-order valence-electron chi connectivity index (χ4n) is 6.05. The number of aromatic nitrogens is 7. The van der Waals surface area contributed by atoms with Crippen LogP contribution in [0.2, 0.25) is 0 Å². The van der Waals surface area contributed by atoms with Gasteiger partial charge in [-0.1, -0.05) is 11.6 Å². The first-order valence-corrected chi connectivity index (χ1v) is 20.6. The maximum Gasteiger partial charge on any atom is 0.306 e. The number of nitrogens with one attached hydrogen (secondary N) is 5. The number of ether oxygens (including phenoxy) is 3. The molecule has 3 aromatic heterocycles. The van der Waals surface area contributed by atoms with Crippen LogP contribution in [0.25, 0.3) is 11.2 Å². The number of carboxylic acid groups (broad SMARTS) is 1. The minimum absolute atomic E-state index is 0.0116. The minimum Gasteiger partial charge on any atom is -0.481 e. The molecule has 63 heavy (non-hydrogen) atoms. The molecule has 0 fully saturated rings. The molecular formula is C40H57N13O10. The van der Waals surface area contributed by atoms with Gasteiger partial charge in [-0.2, -0.15) is 4.98 Å². The molecule has 0 radical (unpaired) electrons. The van der Waals surface area contributed by atoms with Crippen molar-refractivity contribution in [2.24, 2.45) is 11.7 Å². The topological polar surface area (TPSA) is 336 Å². The van der Waals surface area contributed by atoms with Crippen molar-refractivity contribution >= 4 is 52.3 Å². The zero-order valence-corrected chi connectivity index (χ0v) is 35.3. The summed E-state index contributed by atoms with van der Waals surface area (Å²) in [6, 6.07) is 6.02. The molecule has 0 bridgehead atoms. The van der Waals surface area contributed by atoms with Crippen molar-refractivity contribution in [3.05, 3.63) is 64.0 Å². The molecule has 4 aromatic rings. The highest BCUT2D eigenvalue weighted by Crippen LogP contribution is 2.18. The molecule has 0 saturated heterocycles. The number of rotatable bonds is 32. The lowest BCUT2D eigenvalue weighted by Gasteiger charge is -2.14. The summed E-state index contributed by atoms with van der Waals surface area (Å²) in [5.74, 6) is -3.44. The van der Waals surface area contributed by atoms with Crippen molar-refractivity contribution in [1.29, 1.82) is 0 Å². The van der Waals surface area contributed by atoms with E-state index in [9.17, 15) is 33.9 Å². The standard InChI is InChI=1S/C40H57N13O10/c1-43-31(37(57)45-12-4-2-3-5-33(41)55)22-29-25-53(52-51-29)14-16-62-18-20-63-19-17-61-15-13-44-34(56)11-8-27(39(59)60)21-32(54)26-6-9-28(10-7-26)46-23-30-24-47-36-35(48-30)38(58)50-40(42)49-36/h6-7,9-10,24-25,27,31,43,46H,2-5,8,11-23H2,1H3,(H2,41,55)(H,44,56)(H,45,57)(H,59,60)(H3,42,47,49,50,58)/t27-,31+/m1/s1. The van der Waals surface area contributed by atoms with Crippen LogP contribution in [0.1, 0.15) is 66.7 Å². The molecule has 0 saturated carbocycles. The summed E-state index contributed by atoms with van der Waals surface area (Å²) in [5, 5.41) is 29.7. The lowest BCUT2D eigenvalue weighted by Crippen LogP contribution is -2.44. The molecular weight excluding hydrogens is 823 g/mol. The van der Waals surface area contributed by atoms with Gasteiger partial charge in [-0.05, 0) is 50.6 Å². The number of hydrogen-bond donors (Lipinski definition) is 8. The highest BCUT2D eigenvalue weighted by molar-refractivity contribution is 5.98. The number of likely N-dealkylation sites (N-methyl/N-ethyl adjacent to an activating group) is 1. The molecule has 3 heterocycles. The number of aliphatic carboxylic acids is 1. The zero-order valence-electron chi connectivity index (χ0n) is 35.3. The number of benzene rings is 1. The van der Waals surface area contributed by atoms with E-state index in [1.165, 1.54) is 6.20 Å². The number of anilines is 2. The average molecular weight is 880 g/mol. The molecule has 23 heteroatoms. The lowest BCUT2D eigenvalue weighted by atomic mass is 9.94. The molecule has 0 unspecified atom stereocenters. The van der Waals surface area contributed by atoms with Gasteiger partial charge in [0.1, 0.15) is 0 Å². The van der Waals surface area contributed by atoms with E-state index in [1.807, 2.05) is 0 Å². The van der Waals surface area contributed by atoms with E-state index < -0.39 is 23.5 Å². The molecule has 2 atom stereocenters. The number of H-pyrrole nitrogens is 1. The molecule has 1 aromatic carbocycles. The molecule has 0 aliphatic carbocycles. The summed E-state index contributed by atoms with van der Waals surface area (Å²) in [7, 11) is 1.71. The monoisotopic (exact) mass is 879 g/mol. The maximum atomic E-state index is 12.9. The Kier molecular flexibility index (Phi) is 20.9. The number of nitrogens with two attached hydrogens (primary N) is 2. The van der Waals surface area contributed by atoms with E-state index in [1.54, 1.807) is 42.2 Å². The van der Waals surface area contributed by atoms with Gasteiger partial charge in [0.15, 0.2) is 16.9 Å². The predicted molar refractivity (Wildman–Crippen MR) is 228 cm³/mol. The fourth-order valence-corrected chi connectivity index (χ4v) is 6.05. The molecule has 0 aliphatic rings. The largest absolute Gasteiger partial charge is 0.481 e. The zero-order chi connectivity index (χ0) is 45.4. The van der Waals surface area contributed by atoms with Crippen LogP contribution in [0.4, 0.5) is 11.6 Å². The molecule has 23 nitrogen and oxygen atoms in total. The fraction of sp³-hybridized carbons (Fsp3) is 0.525. The summed E-state index contributed by atoms with van der Waals surface area (Å²) in [5.41, 5.74) is 12.5. The van der Waals surface area contributed by atoms with Gasteiger partial charge in [0, 0.05) is 56.2 Å². The molecule has 0 aliphatic heterocycles. The number of carbonyl (C=O) groups is 5. The number of carboxylic acids is 1. The van der Waals surface area contributed by atoms with Crippen LogP contribution < -0.4 is 38.3 Å². The predicted octanol–water partition coefficient (Wildman–Crippen LogP) is -0.289. The molecule has 10 N–H and O–H groups in total. The Morgan fingerprint density at radius 1 is 0.889 bits per heavy atom. The van der Waals surface area contributed by atoms with Crippen molar-refractivity contribution in [2.75, 3.05) is 70.8 Å². The van der Waals surface area contributed by atoms with Gasteiger partial charge in [0.2, 0.25) is 23.7 Å². The van der Waals surface area contributed by atoms with E-state index >= 15 is 0 Å². The summed E-state index contributed by atoms with van der Waals surface area (Å²) in [6.45, 7) is 3.41. The van der Waals surface area contributed by atoms with E-state index in [0.29, 0.717) is 88.0 Å². The number of unbranched alkanes of at least 4 members (excludes halogenated alkanes) is 2. The van der Waals surface area contributed by atoms with Gasteiger partial charge >= 0.3 is 5.97 Å². The molecule has 4 rings (SSSR count). The van der Waals surface area contributed by atoms with Crippen molar-refractivity contribution in [2.45, 2.75) is 70.5 Å². The second-order valence-electron chi connectivity index (χ2n) is 14.4.